The summed E-state index contributed by atoms with van der Waals surface area (Å²) in [5, 5.41) is 3.27. The van der Waals surface area contributed by atoms with E-state index in [9.17, 15) is 12.8 Å². The minimum Gasteiger partial charge on any atom is -0.313 e. The summed E-state index contributed by atoms with van der Waals surface area (Å²) in [7, 11) is -3.61. The van der Waals surface area contributed by atoms with Gasteiger partial charge in [-0.05, 0) is 53.5 Å². The molecule has 4 nitrogen and oxygen atoms in total. The first-order chi connectivity index (χ1) is 8.99. The van der Waals surface area contributed by atoms with E-state index in [0.717, 1.165) is 37.9 Å². The Morgan fingerprint density at radius 3 is 2.84 bits per heavy atom. The minimum atomic E-state index is -3.61. The molecule has 0 saturated carbocycles. The summed E-state index contributed by atoms with van der Waals surface area (Å²) in [5.74, 6) is -0.472. The minimum absolute atomic E-state index is 0.0599. The number of hydrogen-bond acceptors (Lipinski definition) is 3. The van der Waals surface area contributed by atoms with Crippen molar-refractivity contribution in [2.75, 3.05) is 13.1 Å². The molecule has 1 fully saturated rings. The molecule has 0 aliphatic carbocycles. The fraction of sp³-hybridized carbons (Fsp3) is 0.500. The molecule has 1 saturated heterocycles. The summed E-state index contributed by atoms with van der Waals surface area (Å²) >= 11 is 3.07. The van der Waals surface area contributed by atoms with Gasteiger partial charge in [-0.2, -0.15) is 0 Å². The van der Waals surface area contributed by atoms with Crippen molar-refractivity contribution < 1.29 is 12.8 Å². The van der Waals surface area contributed by atoms with Crippen LogP contribution in [0.15, 0.2) is 27.6 Å². The van der Waals surface area contributed by atoms with E-state index in [-0.39, 0.29) is 15.4 Å². The van der Waals surface area contributed by atoms with Gasteiger partial charge in [0.15, 0.2) is 0 Å². The lowest BCUT2D eigenvalue weighted by Gasteiger charge is -2.23. The second kappa shape index (κ2) is 6.30. The second-order valence-corrected chi connectivity index (χ2v) is 7.16. The van der Waals surface area contributed by atoms with Crippen LogP contribution in [0.5, 0.6) is 0 Å². The predicted molar refractivity (Wildman–Crippen MR) is 74.9 cm³/mol. The zero-order chi connectivity index (χ0) is 13.9. The molecular weight excluding hydrogens is 335 g/mol. The van der Waals surface area contributed by atoms with Gasteiger partial charge in [0.1, 0.15) is 5.82 Å². The van der Waals surface area contributed by atoms with Crippen molar-refractivity contribution in [3.63, 3.8) is 0 Å². The van der Waals surface area contributed by atoms with Gasteiger partial charge in [0.25, 0.3) is 0 Å². The van der Waals surface area contributed by atoms with Gasteiger partial charge in [-0.3, -0.25) is 0 Å². The van der Waals surface area contributed by atoms with Crippen LogP contribution >= 0.6 is 15.9 Å². The first-order valence-electron chi connectivity index (χ1n) is 6.17. The molecule has 1 aromatic carbocycles. The average Bonchev–Trinajstić information content (AvgIpc) is 2.37. The van der Waals surface area contributed by atoms with Gasteiger partial charge in [0, 0.05) is 17.1 Å². The maximum atomic E-state index is 13.0. The van der Waals surface area contributed by atoms with Crippen molar-refractivity contribution in [3.05, 3.63) is 28.5 Å². The van der Waals surface area contributed by atoms with Crippen molar-refractivity contribution in [3.8, 4) is 0 Å². The van der Waals surface area contributed by atoms with Crippen LogP contribution in [0.25, 0.3) is 0 Å². The third-order valence-electron chi connectivity index (χ3n) is 3.12. The van der Waals surface area contributed by atoms with Gasteiger partial charge < -0.3 is 5.32 Å². The van der Waals surface area contributed by atoms with Crippen LogP contribution in [0.1, 0.15) is 19.3 Å². The third kappa shape index (κ3) is 3.98. The molecule has 0 spiro atoms. The smallest absolute Gasteiger partial charge is 0.241 e. The molecular formula is C12H16BrFN2O2S. The Balaban J connectivity index is 2.05. The van der Waals surface area contributed by atoms with Crippen LogP contribution in [-0.4, -0.2) is 27.5 Å². The van der Waals surface area contributed by atoms with Crippen LogP contribution in [0.3, 0.4) is 0 Å². The molecule has 0 bridgehead atoms. The molecule has 106 valence electrons. The van der Waals surface area contributed by atoms with Gasteiger partial charge in [0.2, 0.25) is 10.0 Å². The summed E-state index contributed by atoms with van der Waals surface area (Å²) < 4.78 is 40.0. The van der Waals surface area contributed by atoms with Crippen LogP contribution in [0.2, 0.25) is 0 Å². The Labute approximate surface area is 121 Å². The Bertz CT molecular complexity index is 545. The highest BCUT2D eigenvalue weighted by Gasteiger charge is 2.20. The molecule has 1 aliphatic rings. The molecule has 0 aromatic heterocycles. The van der Waals surface area contributed by atoms with E-state index in [4.69, 9.17) is 0 Å². The SMILES string of the molecule is O=S(=O)(NCC1CCCCN1)c1ccc(F)cc1Br. The summed E-state index contributed by atoms with van der Waals surface area (Å²) in [4.78, 5) is 0.0599. The second-order valence-electron chi connectivity index (χ2n) is 4.57. The fourth-order valence-corrected chi connectivity index (χ4v) is 4.21. The highest BCUT2D eigenvalue weighted by atomic mass is 79.9. The van der Waals surface area contributed by atoms with Gasteiger partial charge in [-0.1, -0.05) is 6.42 Å². The van der Waals surface area contributed by atoms with E-state index in [1.165, 1.54) is 6.07 Å². The summed E-state index contributed by atoms with van der Waals surface area (Å²) in [5.41, 5.74) is 0. The molecule has 0 radical (unpaired) electrons. The molecule has 2 rings (SSSR count). The number of halogens is 2. The molecule has 1 aromatic rings. The zero-order valence-corrected chi connectivity index (χ0v) is 12.7. The zero-order valence-electron chi connectivity index (χ0n) is 10.3. The molecule has 1 atom stereocenters. The van der Waals surface area contributed by atoms with Gasteiger partial charge in [-0.25, -0.2) is 17.5 Å². The van der Waals surface area contributed by atoms with E-state index in [0.29, 0.717) is 6.54 Å². The van der Waals surface area contributed by atoms with Crippen LogP contribution in [0, 0.1) is 5.82 Å². The standard InChI is InChI=1S/C12H16BrFN2O2S/c13-11-7-9(14)4-5-12(11)19(17,18)16-8-10-3-1-2-6-15-10/h4-5,7,10,15-16H,1-3,6,8H2. The lowest BCUT2D eigenvalue weighted by Crippen LogP contribution is -2.43. The van der Waals surface area contributed by atoms with E-state index >= 15 is 0 Å². The van der Waals surface area contributed by atoms with Crippen LogP contribution in [0.4, 0.5) is 4.39 Å². The molecule has 7 heteroatoms. The Kier molecular flexibility index (Phi) is 4.94. The third-order valence-corrected chi connectivity index (χ3v) is 5.52. The van der Waals surface area contributed by atoms with E-state index < -0.39 is 15.8 Å². The van der Waals surface area contributed by atoms with E-state index in [2.05, 4.69) is 26.0 Å². The maximum Gasteiger partial charge on any atom is 0.241 e. The topological polar surface area (TPSA) is 58.2 Å². The lowest BCUT2D eigenvalue weighted by molar-refractivity contribution is 0.398. The quantitative estimate of drug-likeness (QED) is 0.873. The number of benzene rings is 1. The lowest BCUT2D eigenvalue weighted by atomic mass is 10.1. The summed E-state index contributed by atoms with van der Waals surface area (Å²) in [6.07, 6.45) is 3.21. The van der Waals surface area contributed by atoms with Crippen LogP contribution < -0.4 is 10.0 Å². The van der Waals surface area contributed by atoms with Crippen molar-refractivity contribution >= 4 is 26.0 Å². The Morgan fingerprint density at radius 1 is 1.42 bits per heavy atom. The van der Waals surface area contributed by atoms with Crippen molar-refractivity contribution in [2.45, 2.75) is 30.2 Å². The van der Waals surface area contributed by atoms with Gasteiger partial charge >= 0.3 is 0 Å². The molecule has 0 amide bonds. The van der Waals surface area contributed by atoms with E-state index in [1.54, 1.807) is 0 Å². The Morgan fingerprint density at radius 2 is 2.21 bits per heavy atom. The fourth-order valence-electron chi connectivity index (χ4n) is 2.08. The first-order valence-corrected chi connectivity index (χ1v) is 8.45. The van der Waals surface area contributed by atoms with Crippen LogP contribution in [-0.2, 0) is 10.0 Å². The van der Waals surface area contributed by atoms with Crippen molar-refractivity contribution in [1.29, 1.82) is 0 Å². The van der Waals surface area contributed by atoms with Crippen molar-refractivity contribution in [2.24, 2.45) is 0 Å². The number of piperidine rings is 1. The summed E-state index contributed by atoms with van der Waals surface area (Å²) in [6, 6.07) is 3.71. The molecule has 19 heavy (non-hydrogen) atoms. The highest BCUT2D eigenvalue weighted by molar-refractivity contribution is 9.10. The molecule has 1 unspecified atom stereocenters. The first kappa shape index (κ1) is 14.9. The number of hydrogen-bond donors (Lipinski definition) is 2. The number of sulfonamides is 1. The van der Waals surface area contributed by atoms with Gasteiger partial charge in [0.05, 0.1) is 4.90 Å². The number of nitrogens with one attached hydrogen (secondary N) is 2. The average molecular weight is 351 g/mol. The highest BCUT2D eigenvalue weighted by Crippen LogP contribution is 2.22. The maximum absolute atomic E-state index is 13.0. The molecule has 2 N–H and O–H groups in total. The van der Waals surface area contributed by atoms with Gasteiger partial charge in [-0.15, -0.1) is 0 Å². The molecule has 1 aliphatic heterocycles. The Hall–Kier alpha value is -0.500. The number of rotatable bonds is 4. The monoisotopic (exact) mass is 350 g/mol. The molecule has 1 heterocycles. The van der Waals surface area contributed by atoms with E-state index in [1.807, 2.05) is 0 Å². The largest absolute Gasteiger partial charge is 0.313 e. The summed E-state index contributed by atoms with van der Waals surface area (Å²) in [6.45, 7) is 1.28. The predicted octanol–water partition coefficient (Wildman–Crippen LogP) is 2.01. The van der Waals surface area contributed by atoms with Crippen molar-refractivity contribution in [1.82, 2.24) is 10.0 Å². The normalized spacial score (nSPS) is 20.4.